The number of fused-ring (bicyclic) bond motifs is 1. The Morgan fingerprint density at radius 1 is 1.19 bits per heavy atom. The molecule has 0 spiro atoms. The van der Waals surface area contributed by atoms with Crippen molar-refractivity contribution in [2.75, 3.05) is 6.54 Å². The number of aromatic nitrogens is 1. The van der Waals surface area contributed by atoms with Crippen LogP contribution in [0.4, 0.5) is 0 Å². The summed E-state index contributed by atoms with van der Waals surface area (Å²) in [6.07, 6.45) is 0.918. The molecule has 26 heavy (non-hydrogen) atoms. The highest BCUT2D eigenvalue weighted by atomic mass is 35.5. The van der Waals surface area contributed by atoms with Gasteiger partial charge in [-0.2, -0.15) is 0 Å². The van der Waals surface area contributed by atoms with E-state index in [1.165, 1.54) is 11.1 Å². The molecule has 0 fully saturated rings. The molecule has 0 saturated heterocycles. The molecular formula is C21H19ClN2O2. The molecule has 3 aromatic rings. The quantitative estimate of drug-likeness (QED) is 0.644. The molecule has 0 N–H and O–H groups in total. The molecule has 4 nitrogen and oxygen atoms in total. The smallest absolute Gasteiger partial charge is 0.270 e. The molecule has 5 heteroatoms. The Morgan fingerprint density at radius 3 is 2.85 bits per heavy atom. The highest BCUT2D eigenvalue weighted by Gasteiger charge is 2.29. The Hall–Kier alpha value is -2.46. The largest absolute Gasteiger partial charge is 0.487 e. The van der Waals surface area contributed by atoms with E-state index in [4.69, 9.17) is 16.3 Å². The van der Waals surface area contributed by atoms with E-state index < -0.39 is 0 Å². The van der Waals surface area contributed by atoms with E-state index in [-0.39, 0.29) is 12.0 Å². The lowest BCUT2D eigenvalue weighted by molar-refractivity contribution is 0.0719. The van der Waals surface area contributed by atoms with Crippen molar-refractivity contribution in [3.63, 3.8) is 0 Å². The zero-order valence-corrected chi connectivity index (χ0v) is 15.3. The molecule has 0 aliphatic carbocycles. The Kier molecular flexibility index (Phi) is 3.50. The van der Waals surface area contributed by atoms with Gasteiger partial charge in [0.25, 0.3) is 5.91 Å². The van der Waals surface area contributed by atoms with Gasteiger partial charge in [0.1, 0.15) is 17.5 Å². The fourth-order valence-corrected chi connectivity index (χ4v) is 4.33. The Bertz CT molecular complexity index is 1040. The van der Waals surface area contributed by atoms with Crippen molar-refractivity contribution in [3.8, 4) is 5.75 Å². The summed E-state index contributed by atoms with van der Waals surface area (Å²) in [6, 6.07) is 14.0. The second kappa shape index (κ2) is 5.78. The molecule has 5 rings (SSSR count). The van der Waals surface area contributed by atoms with Gasteiger partial charge in [-0.25, -0.2) is 0 Å². The summed E-state index contributed by atoms with van der Waals surface area (Å²) in [6.45, 7) is 4.07. The number of benzene rings is 2. The summed E-state index contributed by atoms with van der Waals surface area (Å²) in [7, 11) is 0. The minimum atomic E-state index is 0.0212. The second-order valence-electron chi connectivity index (χ2n) is 7.12. The van der Waals surface area contributed by atoms with Gasteiger partial charge >= 0.3 is 0 Å². The van der Waals surface area contributed by atoms with Crippen LogP contribution >= 0.6 is 11.6 Å². The van der Waals surface area contributed by atoms with E-state index in [2.05, 4.69) is 22.8 Å². The molecule has 132 valence electrons. The number of hydrogen-bond acceptors (Lipinski definition) is 2. The zero-order chi connectivity index (χ0) is 17.8. The first-order valence-electron chi connectivity index (χ1n) is 8.96. The lowest BCUT2D eigenvalue weighted by Crippen LogP contribution is -2.37. The van der Waals surface area contributed by atoms with Crippen molar-refractivity contribution in [1.29, 1.82) is 0 Å². The minimum absolute atomic E-state index is 0.0212. The highest BCUT2D eigenvalue weighted by molar-refractivity contribution is 6.36. The van der Waals surface area contributed by atoms with Gasteiger partial charge in [0, 0.05) is 18.5 Å². The van der Waals surface area contributed by atoms with Gasteiger partial charge in [0.05, 0.1) is 17.1 Å². The van der Waals surface area contributed by atoms with Gasteiger partial charge in [-0.3, -0.25) is 4.79 Å². The molecule has 2 aliphatic heterocycles. The molecule has 1 aromatic heterocycles. The molecule has 2 aliphatic rings. The Balaban J connectivity index is 1.58. The molecule has 1 atom stereocenters. The Morgan fingerprint density at radius 2 is 2.00 bits per heavy atom. The molecule has 0 radical (unpaired) electrons. The third-order valence-electron chi connectivity index (χ3n) is 5.37. The average Bonchev–Trinajstić information content (AvgIpc) is 3.04. The predicted octanol–water partition coefficient (Wildman–Crippen LogP) is 4.27. The standard InChI is InChI=1S/C21H19ClN2O2/c1-13-11-24-18(10-16-17(22)6-7-19(26-13)20(16)24)21(25)23-9-8-14-4-2-3-5-15(14)12-23/h2-7,10,13H,8-9,11-12H2,1H3/t13-/m1/s1. The molecule has 1 amide bonds. The van der Waals surface area contributed by atoms with Crippen molar-refractivity contribution in [1.82, 2.24) is 9.47 Å². The lowest BCUT2D eigenvalue weighted by Gasteiger charge is -2.30. The van der Waals surface area contributed by atoms with Crippen molar-refractivity contribution < 1.29 is 9.53 Å². The molecule has 0 saturated carbocycles. The first kappa shape index (κ1) is 15.8. The van der Waals surface area contributed by atoms with Crippen molar-refractivity contribution >= 4 is 28.4 Å². The number of carbonyl (C=O) groups excluding carboxylic acids is 1. The van der Waals surface area contributed by atoms with E-state index in [0.29, 0.717) is 23.8 Å². The lowest BCUT2D eigenvalue weighted by atomic mass is 10.00. The van der Waals surface area contributed by atoms with Crippen LogP contribution in [0.5, 0.6) is 5.75 Å². The van der Waals surface area contributed by atoms with Gasteiger partial charge in [0.2, 0.25) is 0 Å². The summed E-state index contributed by atoms with van der Waals surface area (Å²) in [4.78, 5) is 15.3. The number of halogens is 1. The number of rotatable bonds is 1. The van der Waals surface area contributed by atoms with Crippen LogP contribution in [0, 0.1) is 0 Å². The van der Waals surface area contributed by atoms with Gasteiger partial charge < -0.3 is 14.2 Å². The Labute approximate surface area is 156 Å². The fraction of sp³-hybridized carbons (Fsp3) is 0.286. The second-order valence-corrected chi connectivity index (χ2v) is 7.53. The maximum atomic E-state index is 13.3. The normalized spacial score (nSPS) is 18.5. The van der Waals surface area contributed by atoms with Crippen LogP contribution in [0.2, 0.25) is 5.02 Å². The van der Waals surface area contributed by atoms with Crippen LogP contribution in [0.15, 0.2) is 42.5 Å². The van der Waals surface area contributed by atoms with Crippen LogP contribution in [-0.2, 0) is 19.5 Å². The van der Waals surface area contributed by atoms with Crippen LogP contribution in [-0.4, -0.2) is 28.0 Å². The third-order valence-corrected chi connectivity index (χ3v) is 5.70. The number of nitrogens with zero attached hydrogens (tertiary/aromatic N) is 2. The van der Waals surface area contributed by atoms with Gasteiger partial charge in [-0.05, 0) is 42.7 Å². The van der Waals surface area contributed by atoms with E-state index in [0.717, 1.165) is 29.6 Å². The van der Waals surface area contributed by atoms with E-state index >= 15 is 0 Å². The number of ether oxygens (including phenoxy) is 1. The third kappa shape index (κ3) is 2.32. The maximum Gasteiger partial charge on any atom is 0.270 e. The summed E-state index contributed by atoms with van der Waals surface area (Å²) in [5, 5.41) is 1.54. The molecule has 3 heterocycles. The first-order valence-corrected chi connectivity index (χ1v) is 9.34. The predicted molar refractivity (Wildman–Crippen MR) is 102 cm³/mol. The first-order chi connectivity index (χ1) is 12.6. The SMILES string of the molecule is C[C@@H]1Cn2c(C(=O)N3CCc4ccccc4C3)cc3c(Cl)ccc(c32)O1. The van der Waals surface area contributed by atoms with Crippen LogP contribution in [0.3, 0.4) is 0 Å². The van der Waals surface area contributed by atoms with E-state index in [1.807, 2.05) is 36.1 Å². The van der Waals surface area contributed by atoms with Gasteiger partial charge in [-0.15, -0.1) is 0 Å². The summed E-state index contributed by atoms with van der Waals surface area (Å²) < 4.78 is 8.02. The minimum Gasteiger partial charge on any atom is -0.487 e. The number of hydrogen-bond donors (Lipinski definition) is 0. The van der Waals surface area contributed by atoms with Crippen molar-refractivity contribution in [2.45, 2.75) is 32.5 Å². The van der Waals surface area contributed by atoms with E-state index in [1.54, 1.807) is 0 Å². The topological polar surface area (TPSA) is 34.5 Å². The summed E-state index contributed by atoms with van der Waals surface area (Å²) >= 11 is 6.40. The summed E-state index contributed by atoms with van der Waals surface area (Å²) in [5.74, 6) is 0.859. The summed E-state index contributed by atoms with van der Waals surface area (Å²) in [5.41, 5.74) is 4.20. The van der Waals surface area contributed by atoms with Gasteiger partial charge in [-0.1, -0.05) is 35.9 Å². The molecule has 2 aromatic carbocycles. The average molecular weight is 367 g/mol. The monoisotopic (exact) mass is 366 g/mol. The molecular weight excluding hydrogens is 348 g/mol. The highest BCUT2D eigenvalue weighted by Crippen LogP contribution is 2.38. The zero-order valence-electron chi connectivity index (χ0n) is 14.5. The van der Waals surface area contributed by atoms with Crippen LogP contribution < -0.4 is 4.74 Å². The molecule has 0 unspecified atom stereocenters. The van der Waals surface area contributed by atoms with Crippen molar-refractivity contribution in [2.24, 2.45) is 0 Å². The van der Waals surface area contributed by atoms with E-state index in [9.17, 15) is 4.79 Å². The number of amides is 1. The van der Waals surface area contributed by atoms with Crippen LogP contribution in [0.1, 0.15) is 28.5 Å². The molecule has 0 bridgehead atoms. The van der Waals surface area contributed by atoms with Gasteiger partial charge in [0.15, 0.2) is 0 Å². The number of carbonyl (C=O) groups is 1. The fourth-order valence-electron chi connectivity index (χ4n) is 4.12. The van der Waals surface area contributed by atoms with Crippen molar-refractivity contribution in [3.05, 3.63) is 64.3 Å². The van der Waals surface area contributed by atoms with Crippen LogP contribution in [0.25, 0.3) is 10.9 Å². The maximum absolute atomic E-state index is 13.3.